The van der Waals surface area contributed by atoms with E-state index >= 15 is 4.39 Å². The maximum Gasteiger partial charge on any atom is 0.417 e. The van der Waals surface area contributed by atoms with Gasteiger partial charge in [-0.25, -0.2) is 14.0 Å². The summed E-state index contributed by atoms with van der Waals surface area (Å²) < 4.78 is 64.8. The van der Waals surface area contributed by atoms with Crippen LogP contribution in [0.2, 0.25) is 5.02 Å². The molecule has 47 heavy (non-hydrogen) atoms. The average Bonchev–Trinajstić information content (AvgIpc) is 3.45. The SMILES string of the molecule is CC(C)(C)OC(=O)Nc1ccc(-c2nc(-c3ccc(CC(NC(=O)/C=C/c4ccc(Cl)c(C(F)(F)F)c4)C(=O)O)cc3F)no2)cc1. The number of ether oxygens (including phenoxy) is 1. The second-order valence-corrected chi connectivity index (χ2v) is 11.5. The van der Waals surface area contributed by atoms with Gasteiger partial charge >= 0.3 is 18.2 Å². The summed E-state index contributed by atoms with van der Waals surface area (Å²) in [5.74, 6) is -3.11. The number of carbonyl (C=O) groups excluding carboxylic acids is 2. The molecule has 10 nitrogen and oxygen atoms in total. The van der Waals surface area contributed by atoms with Crippen LogP contribution in [-0.4, -0.2) is 44.9 Å². The van der Waals surface area contributed by atoms with Crippen molar-refractivity contribution in [3.63, 3.8) is 0 Å². The number of benzene rings is 3. The highest BCUT2D eigenvalue weighted by Crippen LogP contribution is 2.35. The van der Waals surface area contributed by atoms with Gasteiger partial charge in [-0.05, 0) is 86.5 Å². The predicted molar refractivity (Wildman–Crippen MR) is 164 cm³/mol. The molecule has 0 saturated heterocycles. The third-order valence-electron chi connectivity index (χ3n) is 6.25. The third kappa shape index (κ3) is 9.63. The van der Waals surface area contributed by atoms with Crippen LogP contribution < -0.4 is 10.6 Å². The lowest BCUT2D eigenvalue weighted by molar-refractivity contribution is -0.141. The molecular weight excluding hydrogens is 648 g/mol. The lowest BCUT2D eigenvalue weighted by Gasteiger charge is -2.19. The Balaban J connectivity index is 1.40. The first-order chi connectivity index (χ1) is 22.0. The molecule has 4 aromatic rings. The van der Waals surface area contributed by atoms with Gasteiger partial charge in [0.25, 0.3) is 5.89 Å². The summed E-state index contributed by atoms with van der Waals surface area (Å²) in [7, 11) is 0. The molecule has 3 aromatic carbocycles. The Kier molecular flexibility index (Phi) is 10.3. The molecule has 246 valence electrons. The molecule has 0 aliphatic carbocycles. The number of alkyl halides is 3. The predicted octanol–water partition coefficient (Wildman–Crippen LogP) is 7.39. The Bertz CT molecular complexity index is 1820. The lowest BCUT2D eigenvalue weighted by Crippen LogP contribution is -2.41. The number of anilines is 1. The highest BCUT2D eigenvalue weighted by molar-refractivity contribution is 6.31. The molecule has 1 unspecified atom stereocenters. The summed E-state index contributed by atoms with van der Waals surface area (Å²) in [6, 6.07) is 11.8. The standard InChI is InChI=1S/C32H27ClF4N4O6/c1-31(2,3)46-30(45)38-20-9-7-19(8-10-20)28-40-27(41-47-28)21-11-4-18(15-24(21)34)16-25(29(43)44)39-26(42)13-6-17-5-12-23(33)22(14-17)32(35,36)37/h4-15,25H,16H2,1-3H3,(H,38,45)(H,39,42)(H,43,44)/b13-6+. The van der Waals surface area contributed by atoms with Gasteiger partial charge in [0, 0.05) is 23.7 Å². The van der Waals surface area contributed by atoms with E-state index in [0.717, 1.165) is 30.4 Å². The van der Waals surface area contributed by atoms with Gasteiger partial charge in [-0.1, -0.05) is 28.9 Å². The zero-order chi connectivity index (χ0) is 34.5. The summed E-state index contributed by atoms with van der Waals surface area (Å²) in [5, 5.41) is 17.7. The Morgan fingerprint density at radius 2 is 1.74 bits per heavy atom. The summed E-state index contributed by atoms with van der Waals surface area (Å²) >= 11 is 5.60. The van der Waals surface area contributed by atoms with E-state index in [-0.39, 0.29) is 34.8 Å². The molecule has 1 atom stereocenters. The van der Waals surface area contributed by atoms with Gasteiger partial charge in [0.1, 0.15) is 17.5 Å². The summed E-state index contributed by atoms with van der Waals surface area (Å²) in [4.78, 5) is 40.4. The van der Waals surface area contributed by atoms with Crippen LogP contribution in [0.3, 0.4) is 0 Å². The quantitative estimate of drug-likeness (QED) is 0.123. The minimum atomic E-state index is -4.70. The Labute approximate surface area is 270 Å². The maximum atomic E-state index is 15.1. The molecule has 0 aliphatic heterocycles. The van der Waals surface area contributed by atoms with Crippen molar-refractivity contribution in [2.75, 3.05) is 5.32 Å². The molecule has 0 radical (unpaired) electrons. The third-order valence-corrected chi connectivity index (χ3v) is 6.58. The molecule has 4 rings (SSSR count). The van der Waals surface area contributed by atoms with Crippen LogP contribution in [0.15, 0.2) is 71.3 Å². The molecule has 0 fully saturated rings. The van der Waals surface area contributed by atoms with Gasteiger partial charge in [0.15, 0.2) is 0 Å². The van der Waals surface area contributed by atoms with E-state index in [1.807, 2.05) is 0 Å². The van der Waals surface area contributed by atoms with E-state index in [9.17, 15) is 32.7 Å². The van der Waals surface area contributed by atoms with Crippen molar-refractivity contribution in [1.82, 2.24) is 15.5 Å². The van der Waals surface area contributed by atoms with E-state index in [1.165, 1.54) is 18.2 Å². The highest BCUT2D eigenvalue weighted by Gasteiger charge is 2.33. The number of amides is 2. The van der Waals surface area contributed by atoms with Gasteiger partial charge in [-0.2, -0.15) is 18.2 Å². The zero-order valence-corrected chi connectivity index (χ0v) is 25.7. The fraction of sp³-hybridized carbons (Fsp3) is 0.219. The lowest BCUT2D eigenvalue weighted by atomic mass is 10.0. The van der Waals surface area contributed by atoms with Crippen LogP contribution in [-0.2, 0) is 26.9 Å². The van der Waals surface area contributed by atoms with Crippen molar-refractivity contribution in [3.05, 3.63) is 94.3 Å². The molecular formula is C32H27ClF4N4O6. The van der Waals surface area contributed by atoms with Crippen LogP contribution in [0.4, 0.5) is 28.0 Å². The topological polar surface area (TPSA) is 144 Å². The first kappa shape index (κ1) is 34.6. The monoisotopic (exact) mass is 674 g/mol. The minimum Gasteiger partial charge on any atom is -0.480 e. The number of hydrogen-bond acceptors (Lipinski definition) is 7. The molecule has 0 saturated carbocycles. The number of nitrogens with one attached hydrogen (secondary N) is 2. The minimum absolute atomic E-state index is 0.0123. The Hall–Kier alpha value is -5.24. The van der Waals surface area contributed by atoms with E-state index in [0.29, 0.717) is 11.3 Å². The van der Waals surface area contributed by atoms with Gasteiger partial charge in [-0.15, -0.1) is 0 Å². The summed E-state index contributed by atoms with van der Waals surface area (Å²) in [5.41, 5.74) is -0.618. The number of nitrogens with zero attached hydrogens (tertiary/aromatic N) is 2. The van der Waals surface area contributed by atoms with Crippen LogP contribution in [0, 0.1) is 5.82 Å². The number of halogens is 5. The fourth-order valence-corrected chi connectivity index (χ4v) is 4.35. The second kappa shape index (κ2) is 14.0. The normalized spacial score (nSPS) is 12.5. The van der Waals surface area contributed by atoms with Crippen molar-refractivity contribution in [2.24, 2.45) is 0 Å². The van der Waals surface area contributed by atoms with Gasteiger partial charge in [0.2, 0.25) is 11.7 Å². The fourth-order valence-electron chi connectivity index (χ4n) is 4.13. The average molecular weight is 675 g/mol. The molecule has 0 bridgehead atoms. The van der Waals surface area contributed by atoms with E-state index < -0.39 is 52.2 Å². The number of rotatable bonds is 9. The van der Waals surface area contributed by atoms with Crippen molar-refractivity contribution >= 4 is 41.3 Å². The Morgan fingerprint density at radius 1 is 1.04 bits per heavy atom. The summed E-state index contributed by atoms with van der Waals surface area (Å²) in [6.07, 6.45) is -3.69. The first-order valence-electron chi connectivity index (χ1n) is 13.8. The molecule has 2 amide bonds. The zero-order valence-electron chi connectivity index (χ0n) is 25.0. The molecule has 1 heterocycles. The molecule has 15 heteroatoms. The van der Waals surface area contributed by atoms with E-state index in [2.05, 4.69) is 20.8 Å². The number of carboxylic acid groups (broad SMARTS) is 1. The summed E-state index contributed by atoms with van der Waals surface area (Å²) in [6.45, 7) is 5.21. The van der Waals surface area contributed by atoms with Crippen LogP contribution >= 0.6 is 11.6 Å². The molecule has 0 spiro atoms. The number of carbonyl (C=O) groups is 3. The molecule has 0 aliphatic rings. The highest BCUT2D eigenvalue weighted by atomic mass is 35.5. The smallest absolute Gasteiger partial charge is 0.417 e. The van der Waals surface area contributed by atoms with Crippen LogP contribution in [0.1, 0.15) is 37.5 Å². The van der Waals surface area contributed by atoms with Crippen molar-refractivity contribution in [2.45, 2.75) is 45.0 Å². The Morgan fingerprint density at radius 3 is 2.36 bits per heavy atom. The van der Waals surface area contributed by atoms with Crippen LogP contribution in [0.25, 0.3) is 28.9 Å². The van der Waals surface area contributed by atoms with Crippen LogP contribution in [0.5, 0.6) is 0 Å². The number of hydrogen-bond donors (Lipinski definition) is 3. The first-order valence-corrected chi connectivity index (χ1v) is 14.2. The van der Waals surface area contributed by atoms with Gasteiger partial charge < -0.3 is 19.7 Å². The van der Waals surface area contributed by atoms with Gasteiger partial charge in [-0.3, -0.25) is 10.1 Å². The van der Waals surface area contributed by atoms with Crippen molar-refractivity contribution in [3.8, 4) is 22.8 Å². The number of carboxylic acids is 1. The van der Waals surface area contributed by atoms with Crippen molar-refractivity contribution < 1.29 is 46.3 Å². The molecule has 1 aromatic heterocycles. The van der Waals surface area contributed by atoms with Crippen molar-refractivity contribution in [1.29, 1.82) is 0 Å². The molecule has 3 N–H and O–H groups in total. The largest absolute Gasteiger partial charge is 0.480 e. The number of aliphatic carboxylic acids is 1. The van der Waals surface area contributed by atoms with E-state index in [1.54, 1.807) is 45.0 Å². The number of aromatic nitrogens is 2. The van der Waals surface area contributed by atoms with Gasteiger partial charge in [0.05, 0.1) is 16.1 Å². The van der Waals surface area contributed by atoms with E-state index in [4.69, 9.17) is 20.9 Å². The second-order valence-electron chi connectivity index (χ2n) is 11.1. The maximum absolute atomic E-state index is 15.1.